The first kappa shape index (κ1) is 26.7. The Kier molecular flexibility index (Phi) is 7.30. The number of halogens is 5. The fraction of sp³-hybridized carbons (Fsp3) is 0.240. The van der Waals surface area contributed by atoms with Crippen LogP contribution in [0.5, 0.6) is 0 Å². The topological polar surface area (TPSA) is 110 Å². The first-order valence-corrected chi connectivity index (χ1v) is 12.1. The van der Waals surface area contributed by atoms with Gasteiger partial charge in [-0.05, 0) is 42.0 Å². The number of nitrogens with one attached hydrogen (secondary N) is 2. The zero-order valence-corrected chi connectivity index (χ0v) is 21.0. The molecular weight excluding hydrogens is 542 g/mol. The average Bonchev–Trinajstić information content (AvgIpc) is 3.26. The smallest absolute Gasteiger partial charge is 0.382 e. The molecule has 0 radical (unpaired) electrons. The van der Waals surface area contributed by atoms with Crippen molar-refractivity contribution in [2.75, 3.05) is 42.7 Å². The molecule has 2 aromatic carbocycles. The number of benzene rings is 2. The number of hydrogen-bond acceptors (Lipinski definition) is 6. The number of nitrogens with zero attached hydrogens (tertiary/aromatic N) is 4. The number of fused-ring (bicyclic) bond motifs is 1. The number of rotatable bonds is 5. The molecule has 0 aliphatic carbocycles. The molecule has 2 amide bonds. The molecule has 1 aliphatic heterocycles. The summed E-state index contributed by atoms with van der Waals surface area (Å²) in [6.45, 7) is 3.34. The normalized spacial score (nSPS) is 14.5. The summed E-state index contributed by atoms with van der Waals surface area (Å²) < 4.78 is 61.5. The molecule has 5 rings (SSSR count). The zero-order chi connectivity index (χ0) is 27.7. The van der Waals surface area contributed by atoms with E-state index in [-0.39, 0.29) is 17.2 Å². The van der Waals surface area contributed by atoms with Crippen LogP contribution in [0, 0.1) is 5.82 Å². The van der Waals surface area contributed by atoms with Gasteiger partial charge in [0.2, 0.25) is 0 Å². The van der Waals surface area contributed by atoms with E-state index in [0.717, 1.165) is 24.8 Å². The molecule has 0 spiro atoms. The van der Waals surface area contributed by atoms with E-state index >= 15 is 4.39 Å². The third-order valence-corrected chi connectivity index (χ3v) is 6.53. The van der Waals surface area contributed by atoms with Crippen molar-refractivity contribution in [3.05, 3.63) is 70.9 Å². The lowest BCUT2D eigenvalue weighted by atomic mass is 10.1. The maximum atomic E-state index is 15.1. The van der Waals surface area contributed by atoms with Crippen LogP contribution in [0.25, 0.3) is 16.6 Å². The van der Waals surface area contributed by atoms with Crippen molar-refractivity contribution in [3.8, 4) is 11.1 Å². The first-order chi connectivity index (χ1) is 18.6. The molecule has 0 saturated carbocycles. The van der Waals surface area contributed by atoms with Gasteiger partial charge in [-0.1, -0.05) is 17.7 Å². The maximum Gasteiger partial charge on any atom is 0.417 e. The van der Waals surface area contributed by atoms with Crippen LogP contribution < -0.4 is 16.4 Å². The highest BCUT2D eigenvalue weighted by molar-refractivity contribution is 6.31. The van der Waals surface area contributed by atoms with Crippen LogP contribution in [0.2, 0.25) is 5.02 Å². The number of anilines is 3. The Morgan fingerprint density at radius 3 is 2.59 bits per heavy atom. The predicted molar refractivity (Wildman–Crippen MR) is 138 cm³/mol. The zero-order valence-electron chi connectivity index (χ0n) is 20.2. The molecule has 2 aromatic heterocycles. The SMILES string of the molecule is Nc1ncnn2c(CN3CCOCC3)cc(-c3ccc(NC(=O)Nc4ccc(Cl)c(C(F)(F)F)c4)c(F)c3)c12. The van der Waals surface area contributed by atoms with Gasteiger partial charge in [0.25, 0.3) is 0 Å². The molecule has 14 heteroatoms. The second kappa shape index (κ2) is 10.7. The highest BCUT2D eigenvalue weighted by Gasteiger charge is 2.33. The maximum absolute atomic E-state index is 15.1. The molecule has 0 bridgehead atoms. The average molecular weight is 564 g/mol. The lowest BCUT2D eigenvalue weighted by molar-refractivity contribution is -0.137. The van der Waals surface area contributed by atoms with Crippen molar-refractivity contribution in [1.82, 2.24) is 19.5 Å². The minimum absolute atomic E-state index is 0.162. The molecule has 0 unspecified atom stereocenters. The summed E-state index contributed by atoms with van der Waals surface area (Å²) in [5.74, 6) is -0.546. The van der Waals surface area contributed by atoms with E-state index < -0.39 is 28.6 Å². The van der Waals surface area contributed by atoms with E-state index in [9.17, 15) is 18.0 Å². The van der Waals surface area contributed by atoms with E-state index in [1.165, 1.54) is 24.5 Å². The van der Waals surface area contributed by atoms with Crippen LogP contribution in [0.4, 0.5) is 39.5 Å². The number of hydrogen-bond donors (Lipinski definition) is 3. The Morgan fingerprint density at radius 2 is 1.87 bits per heavy atom. The Morgan fingerprint density at radius 1 is 1.10 bits per heavy atom. The van der Waals surface area contributed by atoms with Gasteiger partial charge in [-0.2, -0.15) is 18.3 Å². The fourth-order valence-electron chi connectivity index (χ4n) is 4.34. The second-order valence-electron chi connectivity index (χ2n) is 8.81. The largest absolute Gasteiger partial charge is 0.417 e. The van der Waals surface area contributed by atoms with Crippen molar-refractivity contribution in [2.24, 2.45) is 0 Å². The van der Waals surface area contributed by atoms with Gasteiger partial charge in [0, 0.05) is 30.9 Å². The Labute approximate surface area is 224 Å². The van der Waals surface area contributed by atoms with Crippen LogP contribution in [-0.4, -0.2) is 51.8 Å². The molecule has 9 nitrogen and oxygen atoms in total. The van der Waals surface area contributed by atoms with E-state index in [2.05, 4.69) is 25.6 Å². The summed E-state index contributed by atoms with van der Waals surface area (Å²) in [4.78, 5) is 18.7. The molecular formula is C25H22ClF4N7O2. The van der Waals surface area contributed by atoms with Gasteiger partial charge in [0.15, 0.2) is 5.82 Å². The number of ether oxygens (including phenoxy) is 1. The minimum atomic E-state index is -4.70. The van der Waals surface area contributed by atoms with Crippen LogP contribution in [-0.2, 0) is 17.5 Å². The molecule has 204 valence electrons. The second-order valence-corrected chi connectivity index (χ2v) is 9.22. The molecule has 1 fully saturated rings. The number of morpholine rings is 1. The predicted octanol–water partition coefficient (Wildman–Crippen LogP) is 5.27. The first-order valence-electron chi connectivity index (χ1n) is 11.8. The van der Waals surface area contributed by atoms with Crippen molar-refractivity contribution < 1.29 is 27.1 Å². The molecule has 1 saturated heterocycles. The Bertz CT molecular complexity index is 1540. The molecule has 1 aliphatic rings. The number of amides is 2. The van der Waals surface area contributed by atoms with Crippen LogP contribution in [0.3, 0.4) is 0 Å². The molecule has 4 N–H and O–H groups in total. The fourth-order valence-corrected chi connectivity index (χ4v) is 4.57. The number of nitrogens with two attached hydrogens (primary N) is 1. The van der Waals surface area contributed by atoms with Crippen molar-refractivity contribution in [3.63, 3.8) is 0 Å². The van der Waals surface area contributed by atoms with Crippen LogP contribution in [0.1, 0.15) is 11.3 Å². The van der Waals surface area contributed by atoms with E-state index in [0.29, 0.717) is 42.5 Å². The monoisotopic (exact) mass is 563 g/mol. The van der Waals surface area contributed by atoms with Crippen LogP contribution in [0.15, 0.2) is 48.8 Å². The van der Waals surface area contributed by atoms with Crippen molar-refractivity contribution in [1.29, 1.82) is 0 Å². The Balaban J connectivity index is 1.37. The lowest BCUT2D eigenvalue weighted by Gasteiger charge is -2.26. The van der Waals surface area contributed by atoms with Gasteiger partial charge in [0.1, 0.15) is 17.7 Å². The summed E-state index contributed by atoms with van der Waals surface area (Å²) >= 11 is 5.61. The van der Waals surface area contributed by atoms with Gasteiger partial charge in [-0.15, -0.1) is 0 Å². The number of alkyl halides is 3. The quantitative estimate of drug-likeness (QED) is 0.286. The highest BCUT2D eigenvalue weighted by atomic mass is 35.5. The molecule has 0 atom stereocenters. The summed E-state index contributed by atoms with van der Waals surface area (Å²) in [6, 6.07) is 8.00. The van der Waals surface area contributed by atoms with Crippen molar-refractivity contribution >= 4 is 40.3 Å². The number of nitrogen functional groups attached to an aromatic ring is 1. The van der Waals surface area contributed by atoms with Crippen molar-refractivity contribution in [2.45, 2.75) is 12.7 Å². The number of aromatic nitrogens is 3. The van der Waals surface area contributed by atoms with Gasteiger partial charge >= 0.3 is 12.2 Å². The van der Waals surface area contributed by atoms with Gasteiger partial charge in [0.05, 0.1) is 35.2 Å². The van der Waals surface area contributed by atoms with Crippen LogP contribution >= 0.6 is 11.6 Å². The molecule has 4 aromatic rings. The standard InChI is InChI=1S/C25H22ClF4N7O2/c26-19-3-2-15(10-18(19)25(28,29)30)34-24(38)35-21-4-1-14(9-20(21)27)17-11-16(12-36-5-7-39-8-6-36)37-22(17)23(31)32-13-33-37/h1-4,9-11,13H,5-8,12H2,(H2,31,32,33)(H2,34,35,38). The summed E-state index contributed by atoms with van der Waals surface area (Å²) in [5, 5.41) is 8.38. The minimum Gasteiger partial charge on any atom is -0.382 e. The number of carbonyl (C=O) groups excluding carboxylic acids is 1. The number of urea groups is 1. The summed E-state index contributed by atoms with van der Waals surface area (Å²) in [7, 11) is 0. The van der Waals surface area contributed by atoms with Gasteiger partial charge in [-0.3, -0.25) is 4.90 Å². The number of carbonyl (C=O) groups is 1. The van der Waals surface area contributed by atoms with Gasteiger partial charge < -0.3 is 21.1 Å². The lowest BCUT2D eigenvalue weighted by Crippen LogP contribution is -2.36. The summed E-state index contributed by atoms with van der Waals surface area (Å²) in [6.07, 6.45) is -3.35. The third kappa shape index (κ3) is 5.75. The molecule has 39 heavy (non-hydrogen) atoms. The third-order valence-electron chi connectivity index (χ3n) is 6.20. The van der Waals surface area contributed by atoms with Gasteiger partial charge in [-0.25, -0.2) is 18.7 Å². The highest BCUT2D eigenvalue weighted by Crippen LogP contribution is 2.36. The molecule has 3 heterocycles. The van der Waals surface area contributed by atoms with E-state index in [4.69, 9.17) is 22.1 Å². The Hall–Kier alpha value is -3.94. The van der Waals surface area contributed by atoms with E-state index in [1.807, 2.05) is 6.07 Å². The summed E-state index contributed by atoms with van der Waals surface area (Å²) in [5.41, 5.74) is 7.13. The van der Waals surface area contributed by atoms with E-state index in [1.54, 1.807) is 10.6 Å².